The van der Waals surface area contributed by atoms with Gasteiger partial charge in [-0.2, -0.15) is 5.26 Å². The van der Waals surface area contributed by atoms with Gasteiger partial charge in [0.2, 0.25) is 0 Å². The van der Waals surface area contributed by atoms with Crippen LogP contribution in [0.25, 0.3) is 11.1 Å². The van der Waals surface area contributed by atoms with E-state index in [1.165, 1.54) is 28.3 Å². The van der Waals surface area contributed by atoms with E-state index in [1.807, 2.05) is 30.3 Å². The summed E-state index contributed by atoms with van der Waals surface area (Å²) in [5, 5.41) is 20.3. The SMILES string of the molecule is N#Cc1ccc(CC2(O)CC3CCC(C2)N3C(=O)OCC2c3ccccc3-c3ccccc32)c(F)c1. The molecule has 1 amide bonds. The fraction of sp³-hybridized carbons (Fsp3) is 0.333. The van der Waals surface area contributed by atoms with Gasteiger partial charge in [0.1, 0.15) is 12.4 Å². The van der Waals surface area contributed by atoms with Crippen LogP contribution in [-0.4, -0.2) is 40.4 Å². The predicted octanol–water partition coefficient (Wildman–Crippen LogP) is 5.55. The van der Waals surface area contributed by atoms with Gasteiger partial charge in [0, 0.05) is 24.4 Å². The summed E-state index contributed by atoms with van der Waals surface area (Å²) in [5.41, 5.74) is 4.28. The van der Waals surface area contributed by atoms with Crippen molar-refractivity contribution in [3.8, 4) is 17.2 Å². The number of rotatable bonds is 4. The molecule has 5 nitrogen and oxygen atoms in total. The van der Waals surface area contributed by atoms with Gasteiger partial charge in [0.25, 0.3) is 0 Å². The molecule has 2 fully saturated rings. The minimum Gasteiger partial charge on any atom is -0.448 e. The average Bonchev–Trinajstić information content (AvgIpc) is 3.36. The summed E-state index contributed by atoms with van der Waals surface area (Å²) in [7, 11) is 0. The molecule has 2 atom stereocenters. The van der Waals surface area contributed by atoms with Crippen molar-refractivity contribution in [2.24, 2.45) is 0 Å². The van der Waals surface area contributed by atoms with Gasteiger partial charge in [-0.25, -0.2) is 9.18 Å². The Kier molecular flexibility index (Phi) is 5.54. The van der Waals surface area contributed by atoms with Crippen LogP contribution in [0.2, 0.25) is 0 Å². The molecule has 6 rings (SSSR count). The van der Waals surface area contributed by atoms with Gasteiger partial charge >= 0.3 is 6.09 Å². The molecule has 2 bridgehead atoms. The van der Waals surface area contributed by atoms with Crippen molar-refractivity contribution >= 4 is 6.09 Å². The number of halogens is 1. The number of benzene rings is 3. The molecular weight excluding hydrogens is 455 g/mol. The summed E-state index contributed by atoms with van der Waals surface area (Å²) in [4.78, 5) is 15.1. The molecule has 1 aliphatic carbocycles. The van der Waals surface area contributed by atoms with Gasteiger partial charge in [-0.3, -0.25) is 0 Å². The summed E-state index contributed by atoms with van der Waals surface area (Å²) < 4.78 is 20.4. The second-order valence-electron chi connectivity index (χ2n) is 10.3. The first-order valence-electron chi connectivity index (χ1n) is 12.5. The van der Waals surface area contributed by atoms with E-state index in [9.17, 15) is 14.3 Å². The molecule has 182 valence electrons. The Labute approximate surface area is 209 Å². The first kappa shape index (κ1) is 22.8. The zero-order valence-electron chi connectivity index (χ0n) is 19.9. The summed E-state index contributed by atoms with van der Waals surface area (Å²) in [5.74, 6) is -0.478. The summed E-state index contributed by atoms with van der Waals surface area (Å²) >= 11 is 0. The number of hydrogen-bond acceptors (Lipinski definition) is 4. The Balaban J connectivity index is 1.15. The minimum absolute atomic E-state index is 0.0000774. The Hall–Kier alpha value is -3.69. The van der Waals surface area contributed by atoms with Crippen LogP contribution < -0.4 is 0 Å². The molecule has 3 aromatic rings. The molecule has 3 aliphatic rings. The molecule has 2 aliphatic heterocycles. The highest BCUT2D eigenvalue weighted by Gasteiger charge is 2.50. The molecule has 2 saturated heterocycles. The molecule has 36 heavy (non-hydrogen) atoms. The van der Waals surface area contributed by atoms with Crippen LogP contribution in [0.1, 0.15) is 53.9 Å². The first-order valence-corrected chi connectivity index (χ1v) is 12.5. The second kappa shape index (κ2) is 8.76. The van der Waals surface area contributed by atoms with E-state index in [2.05, 4.69) is 24.3 Å². The highest BCUT2D eigenvalue weighted by Crippen LogP contribution is 2.46. The first-order chi connectivity index (χ1) is 17.5. The molecule has 1 N–H and O–H groups in total. The van der Waals surface area contributed by atoms with Crippen molar-refractivity contribution in [3.05, 3.63) is 94.8 Å². The van der Waals surface area contributed by atoms with Crippen molar-refractivity contribution in [2.75, 3.05) is 6.61 Å². The zero-order chi connectivity index (χ0) is 24.9. The molecular formula is C30H27FN2O3. The maximum absolute atomic E-state index is 14.5. The Morgan fingerprint density at radius 1 is 1.03 bits per heavy atom. The maximum Gasteiger partial charge on any atom is 0.410 e. The van der Waals surface area contributed by atoms with Gasteiger partial charge in [-0.05, 0) is 65.6 Å². The standard InChI is InChI=1S/C30H27FN2O3/c31-28-13-19(17-32)9-10-20(28)14-30(35)15-21-11-12-22(16-30)33(21)29(34)36-18-27-25-7-3-1-5-23(25)24-6-2-4-8-26(24)27/h1-10,13,21-22,27,35H,11-12,14-16,18H2. The van der Waals surface area contributed by atoms with Gasteiger partial charge in [0.05, 0.1) is 17.2 Å². The lowest BCUT2D eigenvalue weighted by atomic mass is 9.81. The molecule has 2 unspecified atom stereocenters. The molecule has 3 aromatic carbocycles. The van der Waals surface area contributed by atoms with Gasteiger partial charge in [-0.1, -0.05) is 54.6 Å². The highest BCUT2D eigenvalue weighted by molar-refractivity contribution is 5.79. The molecule has 0 spiro atoms. The molecule has 0 aromatic heterocycles. The van der Waals surface area contributed by atoms with Gasteiger partial charge in [-0.15, -0.1) is 0 Å². The number of aliphatic hydroxyl groups is 1. The lowest BCUT2D eigenvalue weighted by Crippen LogP contribution is -2.54. The normalized spacial score (nSPS) is 24.2. The fourth-order valence-corrected chi connectivity index (χ4v) is 6.55. The Morgan fingerprint density at radius 2 is 1.64 bits per heavy atom. The van der Waals surface area contributed by atoms with Crippen molar-refractivity contribution in [2.45, 2.75) is 55.7 Å². The van der Waals surface area contributed by atoms with Crippen molar-refractivity contribution in [1.82, 2.24) is 4.90 Å². The number of nitrogens with zero attached hydrogens (tertiary/aromatic N) is 2. The van der Waals surface area contributed by atoms with Crippen LogP contribution in [0.4, 0.5) is 9.18 Å². The number of hydrogen-bond donors (Lipinski definition) is 1. The van der Waals surface area contributed by atoms with E-state index in [0.717, 1.165) is 12.8 Å². The van der Waals surface area contributed by atoms with Crippen LogP contribution in [0, 0.1) is 17.1 Å². The van der Waals surface area contributed by atoms with E-state index in [1.54, 1.807) is 17.0 Å². The van der Waals surface area contributed by atoms with E-state index < -0.39 is 11.4 Å². The number of carbonyl (C=O) groups is 1. The predicted molar refractivity (Wildman–Crippen MR) is 133 cm³/mol. The molecule has 6 heteroatoms. The van der Waals surface area contributed by atoms with E-state index in [-0.39, 0.29) is 42.7 Å². The van der Waals surface area contributed by atoms with Crippen molar-refractivity contribution in [3.63, 3.8) is 0 Å². The van der Waals surface area contributed by atoms with E-state index in [4.69, 9.17) is 10.00 Å². The fourth-order valence-electron chi connectivity index (χ4n) is 6.55. The summed E-state index contributed by atoms with van der Waals surface area (Å²) in [6.45, 7) is 0.267. The third-order valence-corrected chi connectivity index (χ3v) is 8.10. The third kappa shape index (κ3) is 3.84. The monoisotopic (exact) mass is 482 g/mol. The summed E-state index contributed by atoms with van der Waals surface area (Å²) in [6, 6.07) is 22.5. The Bertz CT molecular complexity index is 1320. The summed E-state index contributed by atoms with van der Waals surface area (Å²) in [6.07, 6.45) is 2.19. The van der Waals surface area contributed by atoms with Crippen LogP contribution in [0.15, 0.2) is 66.7 Å². The maximum atomic E-state index is 14.5. The highest BCUT2D eigenvalue weighted by atomic mass is 19.1. The van der Waals surface area contributed by atoms with Crippen molar-refractivity contribution < 1.29 is 19.0 Å². The van der Waals surface area contributed by atoms with Crippen LogP contribution in [-0.2, 0) is 11.2 Å². The zero-order valence-corrected chi connectivity index (χ0v) is 19.9. The number of nitriles is 1. The van der Waals surface area contributed by atoms with Crippen LogP contribution in [0.5, 0.6) is 0 Å². The quantitative estimate of drug-likeness (QED) is 0.529. The smallest absolute Gasteiger partial charge is 0.410 e. The number of ether oxygens (including phenoxy) is 1. The average molecular weight is 483 g/mol. The molecule has 0 saturated carbocycles. The third-order valence-electron chi connectivity index (χ3n) is 8.10. The Morgan fingerprint density at radius 3 is 2.22 bits per heavy atom. The van der Waals surface area contributed by atoms with Crippen LogP contribution in [0.3, 0.4) is 0 Å². The molecule has 2 heterocycles. The lowest BCUT2D eigenvalue weighted by Gasteiger charge is -2.43. The lowest BCUT2D eigenvalue weighted by molar-refractivity contribution is -0.0483. The van der Waals surface area contributed by atoms with Gasteiger partial charge in [0.15, 0.2) is 0 Å². The van der Waals surface area contributed by atoms with Crippen LogP contribution >= 0.6 is 0 Å². The van der Waals surface area contributed by atoms with E-state index in [0.29, 0.717) is 18.4 Å². The largest absolute Gasteiger partial charge is 0.448 e. The van der Waals surface area contributed by atoms with Crippen molar-refractivity contribution in [1.29, 1.82) is 5.26 Å². The number of piperidine rings is 1. The second-order valence-corrected chi connectivity index (χ2v) is 10.3. The van der Waals surface area contributed by atoms with Gasteiger partial charge < -0.3 is 14.7 Å². The number of carbonyl (C=O) groups excluding carboxylic acids is 1. The van der Waals surface area contributed by atoms with E-state index >= 15 is 0 Å². The molecule has 0 radical (unpaired) electrons. The number of fused-ring (bicyclic) bond motifs is 5. The minimum atomic E-state index is -1.10. The topological polar surface area (TPSA) is 73.6 Å². The number of amides is 1.